The minimum absolute atomic E-state index is 0.0310. The van der Waals surface area contributed by atoms with Gasteiger partial charge in [-0.25, -0.2) is 17.9 Å². The molecule has 0 aliphatic rings. The van der Waals surface area contributed by atoms with Crippen molar-refractivity contribution < 1.29 is 28.2 Å². The van der Waals surface area contributed by atoms with E-state index in [4.69, 9.17) is 10.2 Å². The lowest BCUT2D eigenvalue weighted by Crippen LogP contribution is -2.30. The molecule has 0 saturated carbocycles. The van der Waals surface area contributed by atoms with E-state index in [1.54, 1.807) is 0 Å². The molecule has 1 aromatic heterocycles. The fraction of sp³-hybridized carbons (Fsp3) is 0.500. The summed E-state index contributed by atoms with van der Waals surface area (Å²) in [6, 6.07) is 0. The van der Waals surface area contributed by atoms with Crippen LogP contribution in [0.3, 0.4) is 0 Å². The molecule has 0 radical (unpaired) electrons. The number of anilines is 1. The molecule has 1 atom stereocenters. The number of hydrogen-bond acceptors (Lipinski definition) is 8. The maximum absolute atomic E-state index is 11.7. The van der Waals surface area contributed by atoms with Crippen molar-refractivity contribution in [2.45, 2.75) is 23.8 Å². The van der Waals surface area contributed by atoms with E-state index in [2.05, 4.69) is 20.2 Å². The van der Waals surface area contributed by atoms with Crippen LogP contribution in [0.4, 0.5) is 5.13 Å². The topological polar surface area (TPSA) is 159 Å². The van der Waals surface area contributed by atoms with E-state index in [1.807, 2.05) is 0 Å². The molecule has 0 aliphatic heterocycles. The fourth-order valence-electron chi connectivity index (χ4n) is 1.03. The van der Waals surface area contributed by atoms with Crippen molar-refractivity contribution >= 4 is 38.4 Å². The molecule has 0 spiro atoms. The molecule has 0 aliphatic carbocycles. The molecule has 0 aromatic carbocycles. The molecular weight excluding hydrogens is 312 g/mol. The number of amides is 1. The Morgan fingerprint density at radius 2 is 2.05 bits per heavy atom. The van der Waals surface area contributed by atoms with Crippen LogP contribution in [0.15, 0.2) is 4.34 Å². The van der Waals surface area contributed by atoms with E-state index in [-0.39, 0.29) is 22.4 Å². The SMILES string of the molecule is CC(=O)Nc1nnc(S(=O)(=O)NCC[C@H](O)C(=O)O)s1. The number of aromatic nitrogens is 2. The number of carbonyl (C=O) groups is 2. The Morgan fingerprint density at radius 1 is 1.40 bits per heavy atom. The van der Waals surface area contributed by atoms with Crippen LogP contribution >= 0.6 is 11.3 Å². The lowest BCUT2D eigenvalue weighted by Gasteiger charge is -2.05. The molecule has 0 unspecified atom stereocenters. The van der Waals surface area contributed by atoms with Crippen molar-refractivity contribution in [3.63, 3.8) is 0 Å². The minimum Gasteiger partial charge on any atom is -0.479 e. The van der Waals surface area contributed by atoms with E-state index in [1.165, 1.54) is 6.92 Å². The molecule has 0 saturated heterocycles. The Hall–Kier alpha value is -1.63. The quantitative estimate of drug-likeness (QED) is 0.446. The number of nitrogens with zero attached hydrogens (tertiary/aromatic N) is 2. The van der Waals surface area contributed by atoms with Crippen molar-refractivity contribution in [1.29, 1.82) is 0 Å². The third kappa shape index (κ3) is 4.80. The van der Waals surface area contributed by atoms with Crippen molar-refractivity contribution in [1.82, 2.24) is 14.9 Å². The summed E-state index contributed by atoms with van der Waals surface area (Å²) in [6.45, 7) is 0.964. The van der Waals surface area contributed by atoms with Crippen molar-refractivity contribution in [2.24, 2.45) is 0 Å². The fourth-order valence-corrected chi connectivity index (χ4v) is 3.07. The first kappa shape index (κ1) is 16.4. The summed E-state index contributed by atoms with van der Waals surface area (Å²) >= 11 is 0.650. The number of aliphatic carboxylic acids is 1. The average molecular weight is 324 g/mol. The molecule has 1 aromatic rings. The van der Waals surface area contributed by atoms with Crippen LogP contribution in [0, 0.1) is 0 Å². The number of nitrogens with one attached hydrogen (secondary N) is 2. The van der Waals surface area contributed by atoms with Crippen molar-refractivity contribution in [2.75, 3.05) is 11.9 Å². The number of aliphatic hydroxyl groups excluding tert-OH is 1. The zero-order chi connectivity index (χ0) is 15.3. The first-order chi connectivity index (χ1) is 9.22. The highest BCUT2D eigenvalue weighted by atomic mass is 32.2. The van der Waals surface area contributed by atoms with Gasteiger partial charge in [0.1, 0.15) is 0 Å². The van der Waals surface area contributed by atoms with Gasteiger partial charge >= 0.3 is 5.97 Å². The second kappa shape index (κ2) is 6.69. The predicted octanol–water partition coefficient (Wildman–Crippen LogP) is -1.39. The molecule has 12 heteroatoms. The van der Waals surface area contributed by atoms with E-state index in [0.29, 0.717) is 11.3 Å². The number of carboxylic acid groups (broad SMARTS) is 1. The predicted molar refractivity (Wildman–Crippen MR) is 67.7 cm³/mol. The van der Waals surface area contributed by atoms with Crippen LogP contribution in [0.2, 0.25) is 0 Å². The lowest BCUT2D eigenvalue weighted by molar-refractivity contribution is -0.146. The monoisotopic (exact) mass is 324 g/mol. The van der Waals surface area contributed by atoms with Gasteiger partial charge in [-0.1, -0.05) is 11.3 Å². The molecular formula is C8H12N4O6S2. The largest absolute Gasteiger partial charge is 0.479 e. The van der Waals surface area contributed by atoms with Gasteiger partial charge in [0, 0.05) is 13.5 Å². The van der Waals surface area contributed by atoms with Crippen LogP contribution in [-0.2, 0) is 19.6 Å². The maximum Gasteiger partial charge on any atom is 0.332 e. The van der Waals surface area contributed by atoms with Gasteiger partial charge in [0.05, 0.1) is 0 Å². The standard InChI is InChI=1S/C8H12N4O6S2/c1-4(13)10-7-11-12-8(19-7)20(17,18)9-3-2-5(14)6(15)16/h5,9,14H,2-3H2,1H3,(H,15,16)(H,10,11,13)/t5-/m0/s1. The van der Waals surface area contributed by atoms with Gasteiger partial charge < -0.3 is 15.5 Å². The third-order valence-corrected chi connectivity index (χ3v) is 4.58. The van der Waals surface area contributed by atoms with E-state index in [9.17, 15) is 18.0 Å². The highest BCUT2D eigenvalue weighted by molar-refractivity contribution is 7.91. The smallest absolute Gasteiger partial charge is 0.332 e. The Kier molecular flexibility index (Phi) is 5.50. The van der Waals surface area contributed by atoms with Gasteiger partial charge in [0.25, 0.3) is 10.0 Å². The highest BCUT2D eigenvalue weighted by Crippen LogP contribution is 2.19. The Balaban J connectivity index is 2.62. The summed E-state index contributed by atoms with van der Waals surface area (Å²) in [7, 11) is -3.96. The maximum atomic E-state index is 11.7. The summed E-state index contributed by atoms with van der Waals surface area (Å²) < 4.78 is 25.2. The molecule has 10 nitrogen and oxygen atoms in total. The molecule has 0 fully saturated rings. The van der Waals surface area contributed by atoms with Crippen LogP contribution < -0.4 is 10.0 Å². The van der Waals surface area contributed by atoms with Crippen LogP contribution in [0.25, 0.3) is 0 Å². The Morgan fingerprint density at radius 3 is 2.60 bits per heavy atom. The molecule has 4 N–H and O–H groups in total. The van der Waals surface area contributed by atoms with E-state index in [0.717, 1.165) is 0 Å². The minimum atomic E-state index is -3.96. The lowest BCUT2D eigenvalue weighted by atomic mass is 10.3. The Labute approximate surface area is 117 Å². The van der Waals surface area contributed by atoms with Crippen LogP contribution in [0.5, 0.6) is 0 Å². The van der Waals surface area contributed by atoms with E-state index >= 15 is 0 Å². The molecule has 1 rings (SSSR count). The third-order valence-electron chi connectivity index (χ3n) is 1.91. The zero-order valence-corrected chi connectivity index (χ0v) is 11.9. The highest BCUT2D eigenvalue weighted by Gasteiger charge is 2.21. The number of hydrogen-bond donors (Lipinski definition) is 4. The zero-order valence-electron chi connectivity index (χ0n) is 10.2. The van der Waals surface area contributed by atoms with Crippen LogP contribution in [0.1, 0.15) is 13.3 Å². The normalized spacial score (nSPS) is 12.9. The Bertz CT molecular complexity index is 598. The van der Waals surface area contributed by atoms with Crippen LogP contribution in [-0.4, -0.2) is 53.4 Å². The first-order valence-electron chi connectivity index (χ1n) is 5.24. The van der Waals surface area contributed by atoms with E-state index < -0.39 is 28.0 Å². The van der Waals surface area contributed by atoms with Crippen molar-refractivity contribution in [3.05, 3.63) is 0 Å². The number of carbonyl (C=O) groups excluding carboxylic acids is 1. The second-order valence-electron chi connectivity index (χ2n) is 3.59. The molecule has 0 bridgehead atoms. The van der Waals surface area contributed by atoms with Gasteiger partial charge in [-0.05, 0) is 6.42 Å². The summed E-state index contributed by atoms with van der Waals surface area (Å²) in [4.78, 5) is 21.1. The second-order valence-corrected chi connectivity index (χ2v) is 6.51. The molecule has 112 valence electrons. The van der Waals surface area contributed by atoms with Gasteiger partial charge in [0.2, 0.25) is 15.4 Å². The molecule has 1 heterocycles. The summed E-state index contributed by atoms with van der Waals surface area (Å²) in [5, 5.41) is 26.6. The van der Waals surface area contributed by atoms with Gasteiger partial charge in [-0.2, -0.15) is 0 Å². The molecule has 20 heavy (non-hydrogen) atoms. The average Bonchev–Trinajstić information content (AvgIpc) is 2.76. The summed E-state index contributed by atoms with van der Waals surface area (Å²) in [5.41, 5.74) is 0. The summed E-state index contributed by atoms with van der Waals surface area (Å²) in [5.74, 6) is -1.85. The van der Waals surface area contributed by atoms with Gasteiger partial charge in [0.15, 0.2) is 6.10 Å². The number of sulfonamides is 1. The summed E-state index contributed by atoms with van der Waals surface area (Å²) in [6.07, 6.45) is -1.94. The first-order valence-corrected chi connectivity index (χ1v) is 7.54. The van der Waals surface area contributed by atoms with Gasteiger partial charge in [-0.15, -0.1) is 10.2 Å². The van der Waals surface area contributed by atoms with Gasteiger partial charge in [-0.3, -0.25) is 4.79 Å². The number of rotatable bonds is 7. The number of aliphatic hydroxyl groups is 1. The molecule has 1 amide bonds. The van der Waals surface area contributed by atoms with Crippen molar-refractivity contribution in [3.8, 4) is 0 Å². The number of carboxylic acids is 1.